The third kappa shape index (κ3) is 2.89. The summed E-state index contributed by atoms with van der Waals surface area (Å²) >= 11 is 0. The lowest BCUT2D eigenvalue weighted by atomic mass is 9.88. The second-order valence-electron chi connectivity index (χ2n) is 6.78. The van der Waals surface area contributed by atoms with Crippen LogP contribution < -0.4 is 5.32 Å². The van der Waals surface area contributed by atoms with E-state index in [1.165, 1.54) is 0 Å². The second-order valence-corrected chi connectivity index (χ2v) is 6.78. The molecular weight excluding hydrogens is 272 g/mol. The number of nitrogens with zero attached hydrogens (tertiary/aromatic N) is 1. The molecule has 2 rings (SSSR count). The number of likely N-dealkylation sites (tertiary alicyclic amines) is 1. The van der Waals surface area contributed by atoms with Crippen molar-refractivity contribution in [1.29, 1.82) is 0 Å². The normalized spacial score (nSPS) is 35.8. The van der Waals surface area contributed by atoms with Crippen molar-refractivity contribution in [2.45, 2.75) is 33.1 Å². The van der Waals surface area contributed by atoms with E-state index >= 15 is 0 Å². The van der Waals surface area contributed by atoms with Crippen molar-refractivity contribution in [2.75, 3.05) is 20.1 Å². The SMILES string of the molecule is CNC(=O)C1(C)CCN(C(=O)[C@H]2CC(C)C[C@H]2C(=O)O)C1. The molecule has 0 spiro atoms. The van der Waals surface area contributed by atoms with Crippen molar-refractivity contribution in [2.24, 2.45) is 23.2 Å². The van der Waals surface area contributed by atoms with Gasteiger partial charge < -0.3 is 15.3 Å². The molecule has 2 amide bonds. The Bertz CT molecular complexity index is 465. The highest BCUT2D eigenvalue weighted by Gasteiger charge is 2.47. The first-order valence-electron chi connectivity index (χ1n) is 7.52. The molecule has 6 heteroatoms. The van der Waals surface area contributed by atoms with Gasteiger partial charge in [0.25, 0.3) is 0 Å². The molecule has 4 atom stereocenters. The van der Waals surface area contributed by atoms with Crippen LogP contribution in [0.2, 0.25) is 0 Å². The van der Waals surface area contributed by atoms with Crippen LogP contribution in [0.25, 0.3) is 0 Å². The highest BCUT2D eigenvalue weighted by atomic mass is 16.4. The number of carbonyl (C=O) groups excluding carboxylic acids is 2. The molecule has 1 aliphatic carbocycles. The minimum Gasteiger partial charge on any atom is -0.481 e. The molecule has 1 heterocycles. The molecule has 1 saturated carbocycles. The van der Waals surface area contributed by atoms with E-state index in [-0.39, 0.29) is 17.7 Å². The Hall–Kier alpha value is -1.59. The Morgan fingerprint density at radius 2 is 1.86 bits per heavy atom. The number of nitrogens with one attached hydrogen (secondary N) is 1. The molecule has 2 fully saturated rings. The summed E-state index contributed by atoms with van der Waals surface area (Å²) in [5, 5.41) is 11.9. The van der Waals surface area contributed by atoms with Crippen molar-refractivity contribution >= 4 is 17.8 Å². The highest BCUT2D eigenvalue weighted by molar-refractivity contribution is 5.88. The number of aliphatic carboxylic acids is 1. The zero-order valence-electron chi connectivity index (χ0n) is 12.9. The van der Waals surface area contributed by atoms with Crippen molar-refractivity contribution < 1.29 is 19.5 Å². The monoisotopic (exact) mass is 296 g/mol. The van der Waals surface area contributed by atoms with Crippen LogP contribution in [-0.2, 0) is 14.4 Å². The first kappa shape index (κ1) is 15.8. The van der Waals surface area contributed by atoms with Gasteiger partial charge in [-0.3, -0.25) is 14.4 Å². The van der Waals surface area contributed by atoms with Crippen LogP contribution in [0, 0.1) is 23.2 Å². The number of rotatable bonds is 3. The largest absolute Gasteiger partial charge is 0.481 e. The Labute approximate surface area is 124 Å². The molecule has 0 bridgehead atoms. The molecule has 2 unspecified atom stereocenters. The maximum Gasteiger partial charge on any atom is 0.307 e. The molecule has 6 nitrogen and oxygen atoms in total. The van der Waals surface area contributed by atoms with Gasteiger partial charge in [-0.2, -0.15) is 0 Å². The van der Waals surface area contributed by atoms with Crippen molar-refractivity contribution in [3.63, 3.8) is 0 Å². The first-order valence-corrected chi connectivity index (χ1v) is 7.52. The molecule has 21 heavy (non-hydrogen) atoms. The fraction of sp³-hybridized carbons (Fsp3) is 0.800. The summed E-state index contributed by atoms with van der Waals surface area (Å²) in [5.41, 5.74) is -0.562. The number of hydrogen-bond acceptors (Lipinski definition) is 3. The summed E-state index contributed by atoms with van der Waals surface area (Å²) in [6.07, 6.45) is 1.81. The average Bonchev–Trinajstić information content (AvgIpc) is 3.01. The lowest BCUT2D eigenvalue weighted by Crippen LogP contribution is -2.42. The highest BCUT2D eigenvalue weighted by Crippen LogP contribution is 2.39. The van der Waals surface area contributed by atoms with Gasteiger partial charge in [0, 0.05) is 20.1 Å². The molecule has 2 N–H and O–H groups in total. The predicted octanol–water partition coefficient (Wildman–Crippen LogP) is 0.718. The quantitative estimate of drug-likeness (QED) is 0.803. The van der Waals surface area contributed by atoms with Gasteiger partial charge in [0.05, 0.1) is 17.3 Å². The van der Waals surface area contributed by atoms with E-state index in [1.807, 2.05) is 13.8 Å². The molecular formula is C15H24N2O4. The topological polar surface area (TPSA) is 86.7 Å². The van der Waals surface area contributed by atoms with Crippen molar-refractivity contribution in [3.8, 4) is 0 Å². The van der Waals surface area contributed by atoms with E-state index in [4.69, 9.17) is 0 Å². The summed E-state index contributed by atoms with van der Waals surface area (Å²) in [7, 11) is 1.59. The molecule has 1 aliphatic heterocycles. The van der Waals surface area contributed by atoms with Crippen LogP contribution in [0.15, 0.2) is 0 Å². The molecule has 1 saturated heterocycles. The first-order chi connectivity index (χ1) is 9.78. The average molecular weight is 296 g/mol. The lowest BCUT2D eigenvalue weighted by Gasteiger charge is -2.25. The number of carboxylic acids is 1. The minimum absolute atomic E-state index is 0.0626. The molecule has 0 aromatic heterocycles. The van der Waals surface area contributed by atoms with Gasteiger partial charge in [0.15, 0.2) is 0 Å². The van der Waals surface area contributed by atoms with Crippen LogP contribution in [0.4, 0.5) is 0 Å². The number of carbonyl (C=O) groups is 3. The number of hydrogen-bond donors (Lipinski definition) is 2. The van der Waals surface area contributed by atoms with E-state index in [1.54, 1.807) is 11.9 Å². The smallest absolute Gasteiger partial charge is 0.307 e. The number of amides is 2. The predicted molar refractivity (Wildman–Crippen MR) is 76.4 cm³/mol. The lowest BCUT2D eigenvalue weighted by molar-refractivity contribution is -0.149. The Kier molecular flexibility index (Phi) is 4.25. The Morgan fingerprint density at radius 3 is 2.43 bits per heavy atom. The van der Waals surface area contributed by atoms with E-state index in [9.17, 15) is 19.5 Å². The van der Waals surface area contributed by atoms with E-state index in [0.717, 1.165) is 0 Å². The van der Waals surface area contributed by atoms with Crippen molar-refractivity contribution in [1.82, 2.24) is 10.2 Å². The number of carboxylic acid groups (broad SMARTS) is 1. The summed E-state index contributed by atoms with van der Waals surface area (Å²) in [6.45, 7) is 4.75. The maximum atomic E-state index is 12.6. The summed E-state index contributed by atoms with van der Waals surface area (Å²) in [4.78, 5) is 37.5. The Balaban J connectivity index is 2.08. The zero-order chi connectivity index (χ0) is 15.8. The second kappa shape index (κ2) is 5.66. The maximum absolute atomic E-state index is 12.6. The fourth-order valence-electron chi connectivity index (χ4n) is 3.71. The zero-order valence-corrected chi connectivity index (χ0v) is 12.9. The van der Waals surface area contributed by atoms with Crippen LogP contribution in [-0.4, -0.2) is 47.9 Å². The van der Waals surface area contributed by atoms with Crippen LogP contribution in [0.5, 0.6) is 0 Å². The molecule has 0 aromatic carbocycles. The van der Waals surface area contributed by atoms with Gasteiger partial charge in [-0.1, -0.05) is 6.92 Å². The van der Waals surface area contributed by atoms with Crippen LogP contribution in [0.3, 0.4) is 0 Å². The van der Waals surface area contributed by atoms with Gasteiger partial charge in [0.2, 0.25) is 11.8 Å². The van der Waals surface area contributed by atoms with Gasteiger partial charge in [-0.15, -0.1) is 0 Å². The van der Waals surface area contributed by atoms with E-state index in [2.05, 4.69) is 5.32 Å². The third-order valence-electron chi connectivity index (χ3n) is 4.99. The molecule has 0 radical (unpaired) electrons. The van der Waals surface area contributed by atoms with Crippen LogP contribution in [0.1, 0.15) is 33.1 Å². The van der Waals surface area contributed by atoms with E-state index < -0.39 is 23.2 Å². The third-order valence-corrected chi connectivity index (χ3v) is 4.99. The minimum atomic E-state index is -0.883. The summed E-state index contributed by atoms with van der Waals surface area (Å²) in [5.74, 6) is -1.81. The van der Waals surface area contributed by atoms with Gasteiger partial charge >= 0.3 is 5.97 Å². The molecule has 2 aliphatic rings. The fourth-order valence-corrected chi connectivity index (χ4v) is 3.71. The van der Waals surface area contributed by atoms with E-state index in [0.29, 0.717) is 32.4 Å². The van der Waals surface area contributed by atoms with Gasteiger partial charge in [0.1, 0.15) is 0 Å². The summed E-state index contributed by atoms with van der Waals surface area (Å²) < 4.78 is 0. The summed E-state index contributed by atoms with van der Waals surface area (Å²) in [6, 6.07) is 0. The Morgan fingerprint density at radius 1 is 1.24 bits per heavy atom. The van der Waals surface area contributed by atoms with Crippen LogP contribution >= 0.6 is 0 Å². The molecule has 0 aromatic rings. The van der Waals surface area contributed by atoms with Gasteiger partial charge in [-0.25, -0.2) is 0 Å². The molecule has 118 valence electrons. The van der Waals surface area contributed by atoms with Gasteiger partial charge in [-0.05, 0) is 32.1 Å². The van der Waals surface area contributed by atoms with Crippen molar-refractivity contribution in [3.05, 3.63) is 0 Å². The standard InChI is InChI=1S/C15H24N2O4/c1-9-6-10(11(7-9)13(19)20)12(18)17-5-4-15(2,8-17)14(21)16-3/h9-11H,4-8H2,1-3H3,(H,16,21)(H,19,20)/t9?,10-,11+,15?/m0/s1.